The summed E-state index contributed by atoms with van der Waals surface area (Å²) < 4.78 is 6.87. The Balaban J connectivity index is 2.54. The maximum Gasteiger partial charge on any atom is 0.144 e. The van der Waals surface area contributed by atoms with Gasteiger partial charge < -0.3 is 10.1 Å². The van der Waals surface area contributed by atoms with Gasteiger partial charge in [-0.25, -0.2) is 4.98 Å². The Hall–Kier alpha value is -0.850. The van der Waals surface area contributed by atoms with Crippen molar-refractivity contribution in [3.63, 3.8) is 0 Å². The Kier molecular flexibility index (Phi) is 4.09. The Morgan fingerprint density at radius 2 is 2.22 bits per heavy atom. The molecule has 0 aliphatic carbocycles. The number of thiocarbonyl (C=S) groups is 1. The van der Waals surface area contributed by atoms with Crippen LogP contribution in [0.3, 0.4) is 0 Å². The molecule has 1 aromatic heterocycles. The van der Waals surface area contributed by atoms with E-state index in [0.717, 1.165) is 26.7 Å². The van der Waals surface area contributed by atoms with Crippen molar-refractivity contribution >= 4 is 56.4 Å². The molecule has 1 N–H and O–H groups in total. The standard InChI is InChI=1S/C12H14N2OS3/c1-6(2)11-13-8-4-9(15-3)7(14-12(16)17)5-10(8)18-11/h4-6H,1-3H3,(H2,14,16,17). The SMILES string of the molecule is COc1cc2nc(C(C)C)sc2cc1NC(=S)S. The van der Waals surface area contributed by atoms with Crippen LogP contribution in [-0.2, 0) is 0 Å². The number of rotatable bonds is 3. The van der Waals surface area contributed by atoms with Gasteiger partial charge in [-0.1, -0.05) is 26.1 Å². The fourth-order valence-corrected chi connectivity index (χ4v) is 2.82. The van der Waals surface area contributed by atoms with Crippen LogP contribution in [0.2, 0.25) is 0 Å². The molecule has 0 aliphatic heterocycles. The maximum atomic E-state index is 5.33. The van der Waals surface area contributed by atoms with Crippen LogP contribution in [0.15, 0.2) is 12.1 Å². The highest BCUT2D eigenvalue weighted by atomic mass is 32.1. The van der Waals surface area contributed by atoms with Gasteiger partial charge in [-0.05, 0) is 6.07 Å². The fraction of sp³-hybridized carbons (Fsp3) is 0.333. The smallest absolute Gasteiger partial charge is 0.144 e. The van der Waals surface area contributed by atoms with Crippen LogP contribution in [0.5, 0.6) is 5.75 Å². The fourth-order valence-electron chi connectivity index (χ4n) is 1.60. The molecule has 0 bridgehead atoms. The van der Waals surface area contributed by atoms with Crippen LogP contribution >= 0.6 is 36.2 Å². The summed E-state index contributed by atoms with van der Waals surface area (Å²) in [6.07, 6.45) is 0. The van der Waals surface area contributed by atoms with E-state index in [1.165, 1.54) is 0 Å². The third-order valence-corrected chi connectivity index (χ3v) is 3.99. The van der Waals surface area contributed by atoms with Crippen molar-refractivity contribution in [2.24, 2.45) is 0 Å². The molecule has 0 radical (unpaired) electrons. The molecule has 0 amide bonds. The average Bonchev–Trinajstić information content (AvgIpc) is 2.70. The quantitative estimate of drug-likeness (QED) is 0.661. The summed E-state index contributed by atoms with van der Waals surface area (Å²) >= 11 is 10.7. The number of ether oxygens (including phenoxy) is 1. The van der Waals surface area contributed by atoms with E-state index in [1.807, 2.05) is 12.1 Å². The third kappa shape index (κ3) is 2.76. The van der Waals surface area contributed by atoms with Crippen molar-refractivity contribution in [1.82, 2.24) is 4.98 Å². The normalized spacial score (nSPS) is 10.9. The highest BCUT2D eigenvalue weighted by Gasteiger charge is 2.12. The van der Waals surface area contributed by atoms with Gasteiger partial charge in [-0.3, -0.25) is 0 Å². The lowest BCUT2D eigenvalue weighted by Crippen LogP contribution is -2.02. The molecule has 1 heterocycles. The van der Waals surface area contributed by atoms with Crippen LogP contribution < -0.4 is 10.1 Å². The van der Waals surface area contributed by atoms with E-state index in [1.54, 1.807) is 18.4 Å². The molecule has 1 aromatic carbocycles. The molecule has 0 saturated heterocycles. The monoisotopic (exact) mass is 298 g/mol. The number of fused-ring (bicyclic) bond motifs is 1. The van der Waals surface area contributed by atoms with Gasteiger partial charge in [0.1, 0.15) is 10.1 Å². The van der Waals surface area contributed by atoms with E-state index in [9.17, 15) is 0 Å². The largest absolute Gasteiger partial charge is 0.494 e. The molecule has 3 nitrogen and oxygen atoms in total. The van der Waals surface area contributed by atoms with E-state index in [0.29, 0.717) is 10.2 Å². The Morgan fingerprint density at radius 1 is 1.50 bits per heavy atom. The first-order valence-electron chi connectivity index (χ1n) is 5.49. The van der Waals surface area contributed by atoms with Crippen LogP contribution in [0, 0.1) is 0 Å². The van der Waals surface area contributed by atoms with E-state index < -0.39 is 0 Å². The summed E-state index contributed by atoms with van der Waals surface area (Å²) in [6.45, 7) is 4.27. The van der Waals surface area contributed by atoms with E-state index in [4.69, 9.17) is 17.0 Å². The summed E-state index contributed by atoms with van der Waals surface area (Å²) in [5.41, 5.74) is 1.78. The lowest BCUT2D eigenvalue weighted by atomic mass is 10.2. The lowest BCUT2D eigenvalue weighted by molar-refractivity contribution is 0.417. The zero-order valence-electron chi connectivity index (χ0n) is 10.4. The molecular formula is C12H14N2OS3. The average molecular weight is 298 g/mol. The summed E-state index contributed by atoms with van der Waals surface area (Å²) in [5.74, 6) is 1.15. The molecule has 18 heavy (non-hydrogen) atoms. The Labute approximate surface area is 121 Å². The van der Waals surface area contributed by atoms with Gasteiger partial charge in [0.05, 0.1) is 28.0 Å². The number of nitrogens with one attached hydrogen (secondary N) is 1. The van der Waals surface area contributed by atoms with Crippen molar-refractivity contribution in [2.45, 2.75) is 19.8 Å². The zero-order chi connectivity index (χ0) is 13.3. The number of nitrogens with zero attached hydrogens (tertiary/aromatic N) is 1. The van der Waals surface area contributed by atoms with Gasteiger partial charge in [-0.2, -0.15) is 0 Å². The summed E-state index contributed by atoms with van der Waals surface area (Å²) in [7, 11) is 1.63. The van der Waals surface area contributed by atoms with Crippen LogP contribution in [0.25, 0.3) is 10.2 Å². The predicted octanol–water partition coefficient (Wildman–Crippen LogP) is 4.05. The van der Waals surface area contributed by atoms with Crippen LogP contribution in [-0.4, -0.2) is 16.4 Å². The highest BCUT2D eigenvalue weighted by molar-refractivity contribution is 8.11. The molecular weight excluding hydrogens is 284 g/mol. The highest BCUT2D eigenvalue weighted by Crippen LogP contribution is 2.35. The van der Waals surface area contributed by atoms with Gasteiger partial charge >= 0.3 is 0 Å². The third-order valence-electron chi connectivity index (χ3n) is 2.46. The van der Waals surface area contributed by atoms with Gasteiger partial charge in [-0.15, -0.1) is 24.0 Å². The second-order valence-corrected chi connectivity index (χ2v) is 6.38. The molecule has 0 aliphatic rings. The Bertz CT molecular complexity index is 592. The topological polar surface area (TPSA) is 34.1 Å². The number of benzene rings is 1. The van der Waals surface area contributed by atoms with Crippen molar-refractivity contribution in [1.29, 1.82) is 0 Å². The van der Waals surface area contributed by atoms with Crippen molar-refractivity contribution in [2.75, 3.05) is 12.4 Å². The van der Waals surface area contributed by atoms with Crippen molar-refractivity contribution in [3.8, 4) is 5.75 Å². The molecule has 6 heteroatoms. The first-order chi connectivity index (χ1) is 8.51. The minimum atomic E-state index is 0.418. The van der Waals surface area contributed by atoms with Crippen molar-refractivity contribution in [3.05, 3.63) is 17.1 Å². The first kappa shape index (κ1) is 13.6. The summed E-state index contributed by atoms with van der Waals surface area (Å²) in [5, 5.41) is 4.13. The van der Waals surface area contributed by atoms with Gasteiger partial charge in [0.2, 0.25) is 0 Å². The first-order valence-corrected chi connectivity index (χ1v) is 7.17. The van der Waals surface area contributed by atoms with Crippen LogP contribution in [0.1, 0.15) is 24.8 Å². The van der Waals surface area contributed by atoms with Gasteiger partial charge in [0.25, 0.3) is 0 Å². The lowest BCUT2D eigenvalue weighted by Gasteiger charge is -2.09. The minimum Gasteiger partial charge on any atom is -0.494 e. The number of hydrogen-bond acceptors (Lipinski definition) is 4. The molecule has 2 rings (SSSR count). The second kappa shape index (κ2) is 5.42. The number of methoxy groups -OCH3 is 1. The zero-order valence-corrected chi connectivity index (χ0v) is 12.9. The number of aromatic nitrogens is 1. The second-order valence-electron chi connectivity index (χ2n) is 4.16. The Morgan fingerprint density at radius 3 is 2.78 bits per heavy atom. The molecule has 0 spiro atoms. The number of thiol groups is 1. The summed E-state index contributed by atoms with van der Waals surface area (Å²) in [4.78, 5) is 4.60. The van der Waals surface area contributed by atoms with E-state index in [-0.39, 0.29) is 0 Å². The molecule has 0 saturated carbocycles. The maximum absolute atomic E-state index is 5.33. The van der Waals surface area contributed by atoms with Gasteiger partial charge in [0, 0.05) is 12.0 Å². The molecule has 96 valence electrons. The molecule has 2 aromatic rings. The molecule has 0 unspecified atom stereocenters. The van der Waals surface area contributed by atoms with Crippen molar-refractivity contribution < 1.29 is 4.74 Å². The molecule has 0 fully saturated rings. The summed E-state index contributed by atoms with van der Waals surface area (Å²) in [6, 6.07) is 3.92. The molecule has 0 atom stereocenters. The van der Waals surface area contributed by atoms with E-state index in [2.05, 4.69) is 36.8 Å². The predicted molar refractivity (Wildman–Crippen MR) is 85.5 cm³/mol. The van der Waals surface area contributed by atoms with Gasteiger partial charge in [0.15, 0.2) is 0 Å². The minimum absolute atomic E-state index is 0.418. The number of anilines is 1. The number of thiazole rings is 1. The van der Waals surface area contributed by atoms with Crippen LogP contribution in [0.4, 0.5) is 5.69 Å². The number of hydrogen-bond donors (Lipinski definition) is 2. The van der Waals surface area contributed by atoms with E-state index >= 15 is 0 Å².